The second-order valence-corrected chi connectivity index (χ2v) is 4.14. The molecule has 86 valence electrons. The Hall–Kier alpha value is -1.80. The number of hydrogen-bond acceptors (Lipinski definition) is 6. The van der Waals surface area contributed by atoms with E-state index < -0.39 is 25.8 Å². The first kappa shape index (κ1) is 12.3. The molecule has 0 aliphatic rings. The first-order chi connectivity index (χ1) is 7.49. The van der Waals surface area contributed by atoms with Crippen LogP contribution in [0.1, 0.15) is 0 Å². The molecule has 0 bridgehead atoms. The van der Waals surface area contributed by atoms with Crippen molar-refractivity contribution in [3.05, 3.63) is 41.1 Å². The van der Waals surface area contributed by atoms with E-state index in [1.807, 2.05) is 0 Å². The van der Waals surface area contributed by atoms with Gasteiger partial charge in [-0.25, -0.2) is 4.98 Å². The van der Waals surface area contributed by atoms with Gasteiger partial charge in [-0.05, 0) is 6.07 Å². The molecule has 1 aromatic rings. The first-order valence-electron chi connectivity index (χ1n) is 4.09. The Balaban J connectivity index is 3.22. The third kappa shape index (κ3) is 2.61. The van der Waals surface area contributed by atoms with E-state index in [1.165, 1.54) is 12.1 Å². The summed E-state index contributed by atoms with van der Waals surface area (Å²) in [6.07, 6.45) is 2.35. The summed E-state index contributed by atoms with van der Waals surface area (Å²) in [5.74, 6) is 0. The largest absolute Gasteiger partial charge is 0.321 e. The number of hydrogen-bond donors (Lipinski definition) is 0. The van der Waals surface area contributed by atoms with Crippen LogP contribution < -0.4 is 0 Å². The highest BCUT2D eigenvalue weighted by molar-refractivity contribution is 7.86. The fourth-order valence-electron chi connectivity index (χ4n) is 0.907. The second kappa shape index (κ2) is 4.81. The van der Waals surface area contributed by atoms with Crippen molar-refractivity contribution in [3.8, 4) is 0 Å². The molecule has 1 heterocycles. The van der Waals surface area contributed by atoms with Crippen LogP contribution in [0.3, 0.4) is 0 Å². The van der Waals surface area contributed by atoms with E-state index in [2.05, 4.69) is 15.7 Å². The lowest BCUT2D eigenvalue weighted by Gasteiger charge is -2.02. The Morgan fingerprint density at radius 3 is 2.88 bits per heavy atom. The number of pyridine rings is 1. The lowest BCUT2D eigenvalue weighted by Crippen LogP contribution is -2.10. The van der Waals surface area contributed by atoms with Gasteiger partial charge in [0.1, 0.15) is 0 Å². The first-order valence-corrected chi connectivity index (χ1v) is 5.49. The average Bonchev–Trinajstić information content (AvgIpc) is 2.26. The molecule has 16 heavy (non-hydrogen) atoms. The van der Waals surface area contributed by atoms with Crippen LogP contribution >= 0.6 is 0 Å². The van der Waals surface area contributed by atoms with Crippen LogP contribution in [0.25, 0.3) is 0 Å². The monoisotopic (exact) mass is 244 g/mol. The Morgan fingerprint density at radius 2 is 2.31 bits per heavy atom. The molecule has 0 fully saturated rings. The second-order valence-electron chi connectivity index (χ2n) is 2.61. The fourth-order valence-corrected chi connectivity index (χ4v) is 1.88. The van der Waals surface area contributed by atoms with E-state index in [9.17, 15) is 18.5 Å². The predicted molar refractivity (Wildman–Crippen MR) is 54.2 cm³/mol. The van der Waals surface area contributed by atoms with E-state index in [4.69, 9.17) is 0 Å². The van der Waals surface area contributed by atoms with Crippen LogP contribution in [-0.4, -0.2) is 24.9 Å². The normalized spacial score (nSPS) is 11.0. The highest BCUT2D eigenvalue weighted by Gasteiger charge is 2.27. The van der Waals surface area contributed by atoms with Gasteiger partial charge >= 0.3 is 15.8 Å². The molecule has 0 unspecified atom stereocenters. The summed E-state index contributed by atoms with van der Waals surface area (Å²) >= 11 is 0. The van der Waals surface area contributed by atoms with Crippen LogP contribution in [0.5, 0.6) is 0 Å². The Kier molecular flexibility index (Phi) is 3.69. The molecule has 1 aromatic heterocycles. The number of rotatable bonds is 5. The maximum absolute atomic E-state index is 11.5. The highest BCUT2D eigenvalue weighted by Crippen LogP contribution is 2.21. The summed E-state index contributed by atoms with van der Waals surface area (Å²) in [5.41, 5.74) is -0.619. The van der Waals surface area contributed by atoms with Crippen LogP contribution in [-0.2, 0) is 14.3 Å². The molecule has 0 saturated carbocycles. The summed E-state index contributed by atoms with van der Waals surface area (Å²) in [5, 5.41) is 9.86. The summed E-state index contributed by atoms with van der Waals surface area (Å²) in [6, 6.07) is 2.31. The van der Waals surface area contributed by atoms with Gasteiger partial charge in [0.2, 0.25) is 0 Å². The van der Waals surface area contributed by atoms with E-state index in [-0.39, 0.29) is 6.61 Å². The van der Waals surface area contributed by atoms with E-state index in [0.29, 0.717) is 0 Å². The molecule has 0 saturated heterocycles. The van der Waals surface area contributed by atoms with Crippen molar-refractivity contribution < 1.29 is 17.5 Å². The van der Waals surface area contributed by atoms with Gasteiger partial charge in [0.05, 0.1) is 11.5 Å². The molecule has 0 aliphatic heterocycles. The van der Waals surface area contributed by atoms with Crippen LogP contribution in [0.4, 0.5) is 5.69 Å². The van der Waals surface area contributed by atoms with Gasteiger partial charge in [-0.2, -0.15) is 8.42 Å². The Bertz CT molecular complexity index is 511. The van der Waals surface area contributed by atoms with Gasteiger partial charge in [-0.15, -0.1) is 6.58 Å². The maximum atomic E-state index is 11.5. The predicted octanol–water partition coefficient (Wildman–Crippen LogP) is 0.881. The minimum absolute atomic E-state index is 0.268. The van der Waals surface area contributed by atoms with Crippen LogP contribution in [0.15, 0.2) is 36.0 Å². The van der Waals surface area contributed by atoms with Crippen molar-refractivity contribution in [2.45, 2.75) is 5.03 Å². The highest BCUT2D eigenvalue weighted by atomic mass is 32.2. The van der Waals surface area contributed by atoms with Gasteiger partial charge < -0.3 is 0 Å². The molecule has 0 N–H and O–H groups in total. The summed E-state index contributed by atoms with van der Waals surface area (Å²) in [6.45, 7) is 3.00. The zero-order valence-corrected chi connectivity index (χ0v) is 8.88. The molecule has 0 aromatic carbocycles. The number of nitro groups is 1. The molecule has 0 aliphatic carbocycles. The SMILES string of the molecule is C=CCOS(=O)(=O)c1ncccc1[N+](=O)[O-]. The minimum Gasteiger partial charge on any atom is -0.261 e. The van der Waals surface area contributed by atoms with Gasteiger partial charge in [-0.1, -0.05) is 6.08 Å². The summed E-state index contributed by atoms with van der Waals surface area (Å²) < 4.78 is 27.4. The van der Waals surface area contributed by atoms with E-state index in [0.717, 1.165) is 12.3 Å². The molecule has 1 rings (SSSR count). The van der Waals surface area contributed by atoms with Crippen LogP contribution in [0, 0.1) is 10.1 Å². The van der Waals surface area contributed by atoms with Crippen molar-refractivity contribution in [2.75, 3.05) is 6.61 Å². The molecule has 0 amide bonds. The molecule has 0 spiro atoms. The van der Waals surface area contributed by atoms with E-state index >= 15 is 0 Å². The molecule has 0 radical (unpaired) electrons. The third-order valence-electron chi connectivity index (χ3n) is 1.53. The number of nitrogens with zero attached hydrogens (tertiary/aromatic N) is 2. The van der Waals surface area contributed by atoms with Crippen LogP contribution in [0.2, 0.25) is 0 Å². The molecule has 0 atom stereocenters. The summed E-state index contributed by atoms with van der Waals surface area (Å²) in [7, 11) is -4.22. The Morgan fingerprint density at radius 1 is 1.62 bits per heavy atom. The van der Waals surface area contributed by atoms with Gasteiger partial charge in [0.15, 0.2) is 0 Å². The third-order valence-corrected chi connectivity index (χ3v) is 2.76. The average molecular weight is 244 g/mol. The van der Waals surface area contributed by atoms with Gasteiger partial charge in [-0.3, -0.25) is 14.3 Å². The lowest BCUT2D eigenvalue weighted by molar-refractivity contribution is -0.388. The smallest absolute Gasteiger partial charge is 0.261 e. The fraction of sp³-hybridized carbons (Fsp3) is 0.125. The summed E-state index contributed by atoms with van der Waals surface area (Å²) in [4.78, 5) is 13.2. The van der Waals surface area contributed by atoms with E-state index in [1.54, 1.807) is 0 Å². The zero-order valence-electron chi connectivity index (χ0n) is 8.07. The van der Waals surface area contributed by atoms with Crippen molar-refractivity contribution in [1.29, 1.82) is 0 Å². The zero-order chi connectivity index (χ0) is 12.2. The van der Waals surface area contributed by atoms with Gasteiger partial charge in [0.25, 0.3) is 5.03 Å². The lowest BCUT2D eigenvalue weighted by atomic mass is 10.4. The molecular formula is C8H8N2O5S. The Labute approximate surface area is 91.7 Å². The topological polar surface area (TPSA) is 99.4 Å². The van der Waals surface area contributed by atoms with Crippen molar-refractivity contribution >= 4 is 15.8 Å². The molecule has 7 nitrogen and oxygen atoms in total. The standard InChI is InChI=1S/C8H8N2O5S/c1-2-6-15-16(13,14)8-7(10(11)12)4-3-5-9-8/h2-5H,1,6H2. The van der Waals surface area contributed by atoms with Crippen molar-refractivity contribution in [3.63, 3.8) is 0 Å². The van der Waals surface area contributed by atoms with Gasteiger partial charge in [0, 0.05) is 12.3 Å². The quantitative estimate of drug-likeness (QED) is 0.330. The minimum atomic E-state index is -4.22. The molecular weight excluding hydrogens is 236 g/mol. The van der Waals surface area contributed by atoms with Crippen molar-refractivity contribution in [1.82, 2.24) is 4.98 Å². The molecule has 8 heteroatoms. The number of aromatic nitrogens is 1. The maximum Gasteiger partial charge on any atom is 0.321 e. The van der Waals surface area contributed by atoms with Crippen molar-refractivity contribution in [2.24, 2.45) is 0 Å².